The van der Waals surface area contributed by atoms with E-state index in [1.54, 1.807) is 7.05 Å². The van der Waals surface area contributed by atoms with Gasteiger partial charge in [0.2, 0.25) is 0 Å². The fraction of sp³-hybridized carbons (Fsp3) is 0.333. The lowest BCUT2D eigenvalue weighted by atomic mass is 9.92. The summed E-state index contributed by atoms with van der Waals surface area (Å²) < 4.78 is 25.9. The molecule has 4 heteroatoms. The van der Waals surface area contributed by atoms with Crippen LogP contribution in [0.3, 0.4) is 0 Å². The minimum Gasteiger partial charge on any atom is -0.313 e. The Kier molecular flexibility index (Phi) is 3.04. The maximum absolute atomic E-state index is 12.9. The predicted molar refractivity (Wildman–Crippen MR) is 49.2 cm³/mol. The van der Waals surface area contributed by atoms with Crippen LogP contribution in [0, 0.1) is 11.6 Å². The van der Waals surface area contributed by atoms with E-state index in [0.717, 1.165) is 0 Å². The van der Waals surface area contributed by atoms with Crippen molar-refractivity contribution in [2.45, 2.75) is 13.0 Å². The van der Waals surface area contributed by atoms with E-state index in [1.807, 2.05) is 6.92 Å². The molecule has 1 aromatic rings. The molecular formula is C9H10BF2N. The maximum Gasteiger partial charge on any atom is 0.122 e. The minimum absolute atomic E-state index is 0.0930. The Morgan fingerprint density at radius 1 is 1.31 bits per heavy atom. The highest BCUT2D eigenvalue weighted by atomic mass is 19.1. The number of halogens is 2. The van der Waals surface area contributed by atoms with Crippen LogP contribution in [0.5, 0.6) is 0 Å². The highest BCUT2D eigenvalue weighted by Crippen LogP contribution is 2.13. The summed E-state index contributed by atoms with van der Waals surface area (Å²) >= 11 is 0. The van der Waals surface area contributed by atoms with E-state index in [-0.39, 0.29) is 6.04 Å². The van der Waals surface area contributed by atoms with Gasteiger partial charge in [-0.1, -0.05) is 0 Å². The van der Waals surface area contributed by atoms with Crippen LogP contribution in [0.25, 0.3) is 0 Å². The zero-order valence-corrected chi connectivity index (χ0v) is 7.57. The fourth-order valence-electron chi connectivity index (χ4n) is 1.02. The van der Waals surface area contributed by atoms with Gasteiger partial charge in [-0.2, -0.15) is 0 Å². The monoisotopic (exact) mass is 181 g/mol. The lowest BCUT2D eigenvalue weighted by Gasteiger charge is -2.11. The lowest BCUT2D eigenvalue weighted by molar-refractivity contribution is 0.579. The molecule has 2 radical (unpaired) electrons. The highest BCUT2D eigenvalue weighted by molar-refractivity contribution is 6.32. The van der Waals surface area contributed by atoms with Crippen molar-refractivity contribution in [3.63, 3.8) is 0 Å². The third-order valence-electron chi connectivity index (χ3n) is 2.03. The summed E-state index contributed by atoms with van der Waals surface area (Å²) in [6, 6.07) is 2.38. The van der Waals surface area contributed by atoms with E-state index in [2.05, 4.69) is 5.32 Å². The van der Waals surface area contributed by atoms with Crippen LogP contribution in [0.15, 0.2) is 12.1 Å². The van der Waals surface area contributed by atoms with Crippen LogP contribution in [0.1, 0.15) is 18.5 Å². The van der Waals surface area contributed by atoms with Gasteiger partial charge in [0.05, 0.1) is 0 Å². The first-order chi connectivity index (χ1) is 6.06. The van der Waals surface area contributed by atoms with Gasteiger partial charge in [-0.05, 0) is 37.1 Å². The Hall–Kier alpha value is -0.895. The van der Waals surface area contributed by atoms with E-state index in [9.17, 15) is 8.78 Å². The maximum atomic E-state index is 12.9. The standard InChI is InChI=1S/C9H10BF2N/c1-5(13-2)6-3-7(11)9(10)8(12)4-6/h3-5,13H,1-2H3. The van der Waals surface area contributed by atoms with Crippen LogP contribution in [0.2, 0.25) is 0 Å². The van der Waals surface area contributed by atoms with Crippen molar-refractivity contribution in [3.05, 3.63) is 29.3 Å². The van der Waals surface area contributed by atoms with Crippen LogP contribution >= 0.6 is 0 Å². The van der Waals surface area contributed by atoms with Crippen molar-refractivity contribution >= 4 is 13.3 Å². The van der Waals surface area contributed by atoms with E-state index in [0.29, 0.717) is 5.56 Å². The molecule has 1 aromatic carbocycles. The molecule has 0 aliphatic rings. The first kappa shape index (κ1) is 10.2. The van der Waals surface area contributed by atoms with Gasteiger partial charge >= 0.3 is 0 Å². The van der Waals surface area contributed by atoms with Crippen molar-refractivity contribution in [3.8, 4) is 0 Å². The molecule has 0 aliphatic heterocycles. The van der Waals surface area contributed by atoms with Crippen LogP contribution in [-0.2, 0) is 0 Å². The Morgan fingerprint density at radius 3 is 2.15 bits per heavy atom. The van der Waals surface area contributed by atoms with E-state index >= 15 is 0 Å². The van der Waals surface area contributed by atoms with Crippen molar-refractivity contribution in [1.82, 2.24) is 5.32 Å². The Bertz CT molecular complexity index is 291. The van der Waals surface area contributed by atoms with Crippen LogP contribution in [0.4, 0.5) is 8.78 Å². The molecule has 1 rings (SSSR count). The Morgan fingerprint density at radius 2 is 1.77 bits per heavy atom. The molecule has 0 heterocycles. The third-order valence-corrected chi connectivity index (χ3v) is 2.03. The minimum atomic E-state index is -0.711. The molecule has 0 saturated heterocycles. The van der Waals surface area contributed by atoms with Crippen molar-refractivity contribution in [2.24, 2.45) is 0 Å². The van der Waals surface area contributed by atoms with Gasteiger partial charge in [0, 0.05) is 6.04 Å². The van der Waals surface area contributed by atoms with E-state index in [4.69, 9.17) is 7.85 Å². The topological polar surface area (TPSA) is 12.0 Å². The second-order valence-electron chi connectivity index (χ2n) is 2.91. The Labute approximate surface area is 77.6 Å². The summed E-state index contributed by atoms with van der Waals surface area (Å²) in [5, 5.41) is 2.88. The molecule has 0 bridgehead atoms. The molecule has 1 N–H and O–H groups in total. The second kappa shape index (κ2) is 3.88. The summed E-state index contributed by atoms with van der Waals surface area (Å²) in [5.41, 5.74) is 0.124. The van der Waals surface area contributed by atoms with Gasteiger partial charge in [-0.15, -0.1) is 0 Å². The zero-order valence-electron chi connectivity index (χ0n) is 7.57. The summed E-state index contributed by atoms with van der Waals surface area (Å²) in [5.74, 6) is -1.42. The number of hydrogen-bond donors (Lipinski definition) is 1. The zero-order chi connectivity index (χ0) is 10.0. The van der Waals surface area contributed by atoms with E-state index in [1.165, 1.54) is 12.1 Å². The quantitative estimate of drug-likeness (QED) is 0.672. The molecule has 68 valence electrons. The van der Waals surface area contributed by atoms with Gasteiger partial charge in [-0.3, -0.25) is 0 Å². The van der Waals surface area contributed by atoms with Crippen LogP contribution < -0.4 is 10.8 Å². The first-order valence-corrected chi connectivity index (χ1v) is 3.98. The van der Waals surface area contributed by atoms with Crippen LogP contribution in [-0.4, -0.2) is 14.9 Å². The summed E-state index contributed by atoms with van der Waals surface area (Å²) in [6.07, 6.45) is 0. The molecule has 0 aromatic heterocycles. The van der Waals surface area contributed by atoms with Gasteiger partial charge in [0.1, 0.15) is 19.5 Å². The fourth-order valence-corrected chi connectivity index (χ4v) is 1.02. The van der Waals surface area contributed by atoms with Crippen molar-refractivity contribution in [2.75, 3.05) is 7.05 Å². The smallest absolute Gasteiger partial charge is 0.122 e. The molecule has 0 aliphatic carbocycles. The molecule has 1 atom stereocenters. The first-order valence-electron chi connectivity index (χ1n) is 3.98. The van der Waals surface area contributed by atoms with Gasteiger partial charge in [0.15, 0.2) is 0 Å². The number of hydrogen-bond acceptors (Lipinski definition) is 1. The lowest BCUT2D eigenvalue weighted by Crippen LogP contribution is -2.18. The predicted octanol–water partition coefficient (Wildman–Crippen LogP) is 1.04. The third kappa shape index (κ3) is 2.07. The van der Waals surface area contributed by atoms with Gasteiger partial charge in [-0.25, -0.2) is 8.78 Å². The average Bonchev–Trinajstić information content (AvgIpc) is 2.12. The van der Waals surface area contributed by atoms with Crippen molar-refractivity contribution in [1.29, 1.82) is 0 Å². The average molecular weight is 181 g/mol. The van der Waals surface area contributed by atoms with E-state index < -0.39 is 17.1 Å². The molecule has 1 nitrogen and oxygen atoms in total. The second-order valence-corrected chi connectivity index (χ2v) is 2.91. The number of benzene rings is 1. The summed E-state index contributed by atoms with van der Waals surface area (Å²) in [4.78, 5) is 0. The summed E-state index contributed by atoms with van der Waals surface area (Å²) in [7, 11) is 6.84. The van der Waals surface area contributed by atoms with Gasteiger partial charge < -0.3 is 5.32 Å². The molecule has 0 spiro atoms. The van der Waals surface area contributed by atoms with Gasteiger partial charge in [0.25, 0.3) is 0 Å². The molecule has 0 saturated carbocycles. The number of nitrogens with one attached hydrogen (secondary N) is 1. The summed E-state index contributed by atoms with van der Waals surface area (Å²) in [6.45, 7) is 1.81. The molecule has 0 fully saturated rings. The SMILES string of the molecule is [B]c1c(F)cc(C(C)NC)cc1F. The largest absolute Gasteiger partial charge is 0.313 e. The molecular weight excluding hydrogens is 171 g/mol. The highest BCUT2D eigenvalue weighted by Gasteiger charge is 2.09. The Balaban J connectivity index is 3.13. The molecule has 1 unspecified atom stereocenters. The number of rotatable bonds is 2. The molecule has 0 amide bonds. The normalized spacial score (nSPS) is 12.9. The molecule has 13 heavy (non-hydrogen) atoms. The van der Waals surface area contributed by atoms with Crippen molar-refractivity contribution < 1.29 is 8.78 Å².